The first kappa shape index (κ1) is 19.4. The van der Waals surface area contributed by atoms with Gasteiger partial charge in [0, 0.05) is 29.6 Å². The Morgan fingerprint density at radius 2 is 2.07 bits per heavy atom. The van der Waals surface area contributed by atoms with Gasteiger partial charge in [-0.15, -0.1) is 11.3 Å². The maximum atomic E-state index is 10.2. The van der Waals surface area contributed by atoms with E-state index in [4.69, 9.17) is 16.1 Å². The van der Waals surface area contributed by atoms with Crippen molar-refractivity contribution in [2.24, 2.45) is 4.99 Å². The van der Waals surface area contributed by atoms with Crippen molar-refractivity contribution in [3.05, 3.63) is 63.4 Å². The van der Waals surface area contributed by atoms with Crippen LogP contribution in [0.1, 0.15) is 23.6 Å². The molecule has 0 saturated heterocycles. The molecule has 1 atom stereocenters. The Hall–Kier alpha value is -2.35. The summed E-state index contributed by atoms with van der Waals surface area (Å²) in [5.41, 5.74) is 1.71. The van der Waals surface area contributed by atoms with Crippen LogP contribution in [0.25, 0.3) is 11.3 Å². The largest absolute Gasteiger partial charge is 0.386 e. The number of rotatable bonds is 7. The number of aliphatic hydroxyl groups excluding tert-OH is 1. The predicted molar refractivity (Wildman–Crippen MR) is 109 cm³/mol. The van der Waals surface area contributed by atoms with Gasteiger partial charge in [0.05, 0.1) is 10.9 Å². The van der Waals surface area contributed by atoms with Gasteiger partial charge in [0.25, 0.3) is 0 Å². The number of nitrogens with one attached hydrogen (secondary N) is 2. The summed E-state index contributed by atoms with van der Waals surface area (Å²) in [5, 5.41) is 20.6. The topological polar surface area (TPSA) is 82.7 Å². The van der Waals surface area contributed by atoms with Crippen LogP contribution in [0.3, 0.4) is 0 Å². The van der Waals surface area contributed by atoms with Crippen molar-refractivity contribution in [3.63, 3.8) is 0 Å². The number of hydrogen-bond acceptors (Lipinski definition) is 5. The molecule has 0 aliphatic heterocycles. The van der Waals surface area contributed by atoms with Gasteiger partial charge in [-0.05, 0) is 19.1 Å². The van der Waals surface area contributed by atoms with Crippen LogP contribution in [-0.2, 0) is 6.54 Å². The molecule has 0 radical (unpaired) electrons. The smallest absolute Gasteiger partial charge is 0.191 e. The molecule has 0 saturated carbocycles. The second-order valence-electron chi connectivity index (χ2n) is 5.78. The third kappa shape index (κ3) is 5.56. The van der Waals surface area contributed by atoms with Gasteiger partial charge in [0.2, 0.25) is 0 Å². The first-order valence-corrected chi connectivity index (χ1v) is 9.81. The molecule has 2 aromatic heterocycles. The number of nitrogens with zero attached hydrogens (tertiary/aromatic N) is 2. The zero-order valence-electron chi connectivity index (χ0n) is 14.9. The minimum Gasteiger partial charge on any atom is -0.386 e. The molecule has 0 aliphatic carbocycles. The fraction of sp³-hybridized carbons (Fsp3) is 0.263. The third-order valence-electron chi connectivity index (χ3n) is 3.75. The lowest BCUT2D eigenvalue weighted by molar-refractivity contribution is 0.184. The molecular weight excluding hydrogens is 384 g/mol. The highest BCUT2D eigenvalue weighted by molar-refractivity contribution is 7.16. The molecule has 8 heteroatoms. The molecule has 3 aromatic rings. The van der Waals surface area contributed by atoms with E-state index in [1.807, 2.05) is 49.4 Å². The van der Waals surface area contributed by atoms with E-state index in [0.717, 1.165) is 16.1 Å². The van der Waals surface area contributed by atoms with Crippen molar-refractivity contribution in [2.45, 2.75) is 19.6 Å². The van der Waals surface area contributed by atoms with Gasteiger partial charge in [0.15, 0.2) is 11.7 Å². The minimum atomic E-state index is -0.650. The summed E-state index contributed by atoms with van der Waals surface area (Å²) in [6.45, 7) is 3.39. The van der Waals surface area contributed by atoms with Gasteiger partial charge in [-0.2, -0.15) is 0 Å². The summed E-state index contributed by atoms with van der Waals surface area (Å²) in [4.78, 5) is 5.31. The monoisotopic (exact) mass is 404 g/mol. The molecule has 0 fully saturated rings. The highest BCUT2D eigenvalue weighted by Crippen LogP contribution is 2.26. The molecule has 3 N–H and O–H groups in total. The lowest BCUT2D eigenvalue weighted by atomic mass is 10.2. The predicted octanol–water partition coefficient (Wildman–Crippen LogP) is 3.85. The van der Waals surface area contributed by atoms with E-state index < -0.39 is 6.10 Å². The van der Waals surface area contributed by atoms with Crippen molar-refractivity contribution in [1.82, 2.24) is 15.8 Å². The quantitative estimate of drug-likeness (QED) is 0.411. The van der Waals surface area contributed by atoms with E-state index in [0.29, 0.717) is 35.7 Å². The fourth-order valence-electron chi connectivity index (χ4n) is 2.43. The zero-order valence-corrected chi connectivity index (χ0v) is 16.4. The van der Waals surface area contributed by atoms with E-state index in [1.165, 1.54) is 11.3 Å². The summed E-state index contributed by atoms with van der Waals surface area (Å²) in [5.74, 6) is 1.31. The van der Waals surface area contributed by atoms with Gasteiger partial charge < -0.3 is 20.3 Å². The van der Waals surface area contributed by atoms with Crippen LogP contribution in [-0.4, -0.2) is 29.3 Å². The summed E-state index contributed by atoms with van der Waals surface area (Å²) in [6, 6.07) is 15.3. The van der Waals surface area contributed by atoms with Crippen LogP contribution in [0.4, 0.5) is 0 Å². The molecule has 2 heterocycles. The van der Waals surface area contributed by atoms with Gasteiger partial charge >= 0.3 is 0 Å². The van der Waals surface area contributed by atoms with Crippen LogP contribution < -0.4 is 10.6 Å². The van der Waals surface area contributed by atoms with E-state index in [2.05, 4.69) is 20.8 Å². The van der Waals surface area contributed by atoms with Crippen molar-refractivity contribution in [3.8, 4) is 11.3 Å². The number of benzene rings is 1. The second kappa shape index (κ2) is 9.55. The van der Waals surface area contributed by atoms with Crippen molar-refractivity contribution >= 4 is 28.9 Å². The summed E-state index contributed by atoms with van der Waals surface area (Å²) in [6.07, 6.45) is -0.650. The number of aromatic nitrogens is 1. The third-order valence-corrected chi connectivity index (χ3v) is 5.08. The van der Waals surface area contributed by atoms with Crippen LogP contribution in [0.2, 0.25) is 4.34 Å². The number of aliphatic imine (C=N–C) groups is 1. The molecule has 3 rings (SSSR count). The highest BCUT2D eigenvalue weighted by Gasteiger charge is 2.11. The van der Waals surface area contributed by atoms with Crippen molar-refractivity contribution in [2.75, 3.05) is 13.1 Å². The second-order valence-corrected chi connectivity index (χ2v) is 7.53. The van der Waals surface area contributed by atoms with Gasteiger partial charge in [0.1, 0.15) is 11.8 Å². The Kier molecular flexibility index (Phi) is 6.86. The van der Waals surface area contributed by atoms with Crippen molar-refractivity contribution < 1.29 is 9.63 Å². The van der Waals surface area contributed by atoms with Crippen LogP contribution in [0, 0.1) is 0 Å². The molecular formula is C19H21ClN4O2S. The molecule has 0 aliphatic rings. The van der Waals surface area contributed by atoms with E-state index >= 15 is 0 Å². The van der Waals surface area contributed by atoms with E-state index in [9.17, 15) is 5.11 Å². The Morgan fingerprint density at radius 3 is 2.78 bits per heavy atom. The number of hydrogen-bond donors (Lipinski definition) is 3. The molecule has 6 nitrogen and oxygen atoms in total. The van der Waals surface area contributed by atoms with Gasteiger partial charge in [-0.1, -0.05) is 47.1 Å². The standard InChI is InChI=1S/C19H21ClN4O2S/c1-2-21-19(23-12-15(25)17-8-9-18(20)27-17)22-11-14-10-16(26-24-14)13-6-4-3-5-7-13/h3-10,15,25H,2,11-12H2,1H3,(H2,21,22,23). The summed E-state index contributed by atoms with van der Waals surface area (Å²) in [7, 11) is 0. The normalized spacial score (nSPS) is 12.8. The number of halogens is 1. The Bertz CT molecular complexity index is 879. The molecule has 0 bridgehead atoms. The molecule has 27 heavy (non-hydrogen) atoms. The molecule has 1 aromatic carbocycles. The van der Waals surface area contributed by atoms with E-state index in [-0.39, 0.29) is 0 Å². The molecule has 0 amide bonds. The zero-order chi connectivity index (χ0) is 19.1. The first-order chi connectivity index (χ1) is 13.2. The number of thiophene rings is 1. The summed E-state index contributed by atoms with van der Waals surface area (Å²) >= 11 is 7.28. The van der Waals surface area contributed by atoms with Gasteiger partial charge in [-0.3, -0.25) is 0 Å². The van der Waals surface area contributed by atoms with Crippen LogP contribution in [0.5, 0.6) is 0 Å². The fourth-order valence-corrected chi connectivity index (χ4v) is 3.47. The molecule has 0 spiro atoms. The minimum absolute atomic E-state index is 0.330. The van der Waals surface area contributed by atoms with Crippen LogP contribution in [0.15, 0.2) is 58.0 Å². The Morgan fingerprint density at radius 1 is 1.26 bits per heavy atom. The number of guanidine groups is 1. The average molecular weight is 405 g/mol. The lowest BCUT2D eigenvalue weighted by Crippen LogP contribution is -2.39. The molecule has 142 valence electrons. The summed E-state index contributed by atoms with van der Waals surface area (Å²) < 4.78 is 6.05. The maximum Gasteiger partial charge on any atom is 0.191 e. The lowest BCUT2D eigenvalue weighted by Gasteiger charge is -2.14. The van der Waals surface area contributed by atoms with E-state index in [1.54, 1.807) is 6.07 Å². The van der Waals surface area contributed by atoms with Crippen LogP contribution >= 0.6 is 22.9 Å². The Balaban J connectivity index is 1.59. The first-order valence-electron chi connectivity index (χ1n) is 8.62. The Labute approximate surface area is 166 Å². The molecule has 1 unspecified atom stereocenters. The average Bonchev–Trinajstić information content (AvgIpc) is 3.33. The SMILES string of the molecule is CCNC(=NCc1cc(-c2ccccc2)on1)NCC(O)c1ccc(Cl)s1. The van der Waals surface area contributed by atoms with Gasteiger partial charge in [-0.25, -0.2) is 4.99 Å². The number of aliphatic hydroxyl groups is 1. The maximum absolute atomic E-state index is 10.2. The van der Waals surface area contributed by atoms with Crippen molar-refractivity contribution in [1.29, 1.82) is 0 Å². The highest BCUT2D eigenvalue weighted by atomic mass is 35.5.